The Hall–Kier alpha value is -1.48. The highest BCUT2D eigenvalue weighted by Crippen LogP contribution is 2.34. The molecule has 3 heterocycles. The van der Waals surface area contributed by atoms with Gasteiger partial charge in [-0.3, -0.25) is 14.4 Å². The van der Waals surface area contributed by atoms with Gasteiger partial charge in [-0.25, -0.2) is 0 Å². The molecular weight excluding hydrogens is 442 g/mol. The number of morpholine rings is 2. The van der Waals surface area contributed by atoms with Crippen molar-refractivity contribution in [1.82, 2.24) is 24.9 Å². The SMILES string of the molecule is CCCn1nc(C(=O)N2CCOCC2)c2c1CC[C@H](NCC1(N3CCOCC3)CCCCCC1)C2. The van der Waals surface area contributed by atoms with Crippen LogP contribution < -0.4 is 5.32 Å². The first-order valence-electron chi connectivity index (χ1n) is 14.2. The van der Waals surface area contributed by atoms with Crippen molar-refractivity contribution in [2.45, 2.75) is 89.3 Å². The third-order valence-electron chi connectivity index (χ3n) is 8.72. The first-order valence-corrected chi connectivity index (χ1v) is 14.2. The van der Waals surface area contributed by atoms with Crippen LogP contribution in [0.4, 0.5) is 0 Å². The lowest BCUT2D eigenvalue weighted by Gasteiger charge is -2.46. The fourth-order valence-corrected chi connectivity index (χ4v) is 6.71. The minimum atomic E-state index is 0.0913. The van der Waals surface area contributed by atoms with Crippen molar-refractivity contribution < 1.29 is 14.3 Å². The Bertz CT molecular complexity index is 836. The van der Waals surface area contributed by atoms with Crippen molar-refractivity contribution in [1.29, 1.82) is 0 Å². The number of aryl methyl sites for hydroxylation is 1. The monoisotopic (exact) mass is 487 g/mol. The molecule has 0 bridgehead atoms. The molecule has 0 unspecified atom stereocenters. The molecule has 0 aromatic carbocycles. The fraction of sp³-hybridized carbons (Fsp3) is 0.852. The summed E-state index contributed by atoms with van der Waals surface area (Å²) < 4.78 is 13.3. The third-order valence-corrected chi connectivity index (χ3v) is 8.72. The topological polar surface area (TPSA) is 71.9 Å². The summed E-state index contributed by atoms with van der Waals surface area (Å²) in [4.78, 5) is 18.1. The van der Waals surface area contributed by atoms with Gasteiger partial charge >= 0.3 is 0 Å². The van der Waals surface area contributed by atoms with E-state index in [1.54, 1.807) is 0 Å². The molecule has 0 spiro atoms. The summed E-state index contributed by atoms with van der Waals surface area (Å²) in [5.74, 6) is 0.0913. The summed E-state index contributed by atoms with van der Waals surface area (Å²) in [6.07, 6.45) is 12.0. The second-order valence-electron chi connectivity index (χ2n) is 11.0. The minimum Gasteiger partial charge on any atom is -0.379 e. The molecule has 1 aromatic heterocycles. The highest BCUT2D eigenvalue weighted by Gasteiger charge is 2.39. The number of carbonyl (C=O) groups is 1. The van der Waals surface area contributed by atoms with Crippen LogP contribution in [0.25, 0.3) is 0 Å². The van der Waals surface area contributed by atoms with Crippen LogP contribution in [0.15, 0.2) is 0 Å². The standard InChI is InChI=1S/C27H45N5O3/c1-2-11-32-24-8-7-22(20-23(24)25(29-32)26(33)30-12-16-34-17-13-30)28-21-27(9-5-3-4-6-10-27)31-14-18-35-19-15-31/h22,28H,2-21H2,1H3/t22-/m0/s1. The van der Waals surface area contributed by atoms with Gasteiger partial charge in [0, 0.05) is 62.1 Å². The van der Waals surface area contributed by atoms with Gasteiger partial charge in [0.05, 0.1) is 26.4 Å². The lowest BCUT2D eigenvalue weighted by Crippen LogP contribution is -2.59. The number of aromatic nitrogens is 2. The number of amides is 1. The Morgan fingerprint density at radius 3 is 2.40 bits per heavy atom. The van der Waals surface area contributed by atoms with Gasteiger partial charge < -0.3 is 19.7 Å². The molecule has 196 valence electrons. The minimum absolute atomic E-state index is 0.0913. The quantitative estimate of drug-likeness (QED) is 0.597. The van der Waals surface area contributed by atoms with Crippen LogP contribution in [0.3, 0.4) is 0 Å². The van der Waals surface area contributed by atoms with E-state index in [4.69, 9.17) is 14.6 Å². The summed E-state index contributed by atoms with van der Waals surface area (Å²) in [5.41, 5.74) is 3.43. The van der Waals surface area contributed by atoms with Gasteiger partial charge in [0.15, 0.2) is 5.69 Å². The van der Waals surface area contributed by atoms with E-state index in [1.807, 2.05) is 4.90 Å². The second-order valence-corrected chi connectivity index (χ2v) is 11.0. The molecule has 2 aliphatic carbocycles. The Labute approximate surface area is 210 Å². The zero-order chi connectivity index (χ0) is 24.1. The summed E-state index contributed by atoms with van der Waals surface area (Å²) >= 11 is 0. The summed E-state index contributed by atoms with van der Waals surface area (Å²) in [6.45, 7) is 10.5. The fourth-order valence-electron chi connectivity index (χ4n) is 6.71. The Kier molecular flexibility index (Phi) is 8.43. The molecule has 1 aromatic rings. The zero-order valence-electron chi connectivity index (χ0n) is 21.7. The summed E-state index contributed by atoms with van der Waals surface area (Å²) in [6, 6.07) is 0.402. The van der Waals surface area contributed by atoms with Crippen molar-refractivity contribution in [3.63, 3.8) is 0 Å². The van der Waals surface area contributed by atoms with Crippen LogP contribution in [-0.4, -0.2) is 96.2 Å². The van der Waals surface area contributed by atoms with E-state index >= 15 is 0 Å². The van der Waals surface area contributed by atoms with Gasteiger partial charge in [-0.2, -0.15) is 5.10 Å². The van der Waals surface area contributed by atoms with Crippen LogP contribution in [0, 0.1) is 0 Å². The molecule has 8 nitrogen and oxygen atoms in total. The number of hydrogen-bond acceptors (Lipinski definition) is 6. The molecular formula is C27H45N5O3. The molecule has 1 saturated carbocycles. The van der Waals surface area contributed by atoms with Gasteiger partial charge in [0.25, 0.3) is 5.91 Å². The Balaban J connectivity index is 1.31. The number of fused-ring (bicyclic) bond motifs is 1. The van der Waals surface area contributed by atoms with Crippen molar-refractivity contribution in [2.24, 2.45) is 0 Å². The molecule has 2 aliphatic heterocycles. The highest BCUT2D eigenvalue weighted by molar-refractivity contribution is 5.94. The van der Waals surface area contributed by atoms with E-state index in [-0.39, 0.29) is 11.4 Å². The van der Waals surface area contributed by atoms with Crippen LogP contribution in [0.2, 0.25) is 0 Å². The highest BCUT2D eigenvalue weighted by atomic mass is 16.5. The molecule has 4 aliphatic rings. The van der Waals surface area contributed by atoms with Crippen LogP contribution in [-0.2, 0) is 28.9 Å². The first kappa shape index (κ1) is 25.2. The van der Waals surface area contributed by atoms with E-state index in [9.17, 15) is 4.79 Å². The van der Waals surface area contributed by atoms with E-state index in [2.05, 4.69) is 21.8 Å². The van der Waals surface area contributed by atoms with Gasteiger partial charge in [-0.15, -0.1) is 0 Å². The van der Waals surface area contributed by atoms with Gasteiger partial charge in [-0.05, 0) is 38.5 Å². The van der Waals surface area contributed by atoms with Crippen LogP contribution >= 0.6 is 0 Å². The van der Waals surface area contributed by atoms with Crippen molar-refractivity contribution in [3.05, 3.63) is 17.0 Å². The average Bonchev–Trinajstić information content (AvgIpc) is 3.09. The smallest absolute Gasteiger partial charge is 0.274 e. The van der Waals surface area contributed by atoms with E-state index in [1.165, 1.54) is 49.8 Å². The van der Waals surface area contributed by atoms with E-state index < -0.39 is 0 Å². The maximum atomic E-state index is 13.5. The van der Waals surface area contributed by atoms with Crippen molar-refractivity contribution in [2.75, 3.05) is 59.2 Å². The number of nitrogens with zero attached hydrogens (tertiary/aromatic N) is 4. The molecule has 35 heavy (non-hydrogen) atoms. The average molecular weight is 488 g/mol. The van der Waals surface area contributed by atoms with Crippen LogP contribution in [0.1, 0.15) is 80.0 Å². The molecule has 3 fully saturated rings. The maximum Gasteiger partial charge on any atom is 0.274 e. The largest absolute Gasteiger partial charge is 0.379 e. The summed E-state index contributed by atoms with van der Waals surface area (Å²) in [7, 11) is 0. The molecule has 8 heteroatoms. The van der Waals surface area contributed by atoms with E-state index in [0.29, 0.717) is 38.0 Å². The molecule has 1 N–H and O–H groups in total. The lowest BCUT2D eigenvalue weighted by atomic mass is 9.85. The molecule has 1 atom stereocenters. The van der Waals surface area contributed by atoms with Crippen molar-refractivity contribution >= 4 is 5.91 Å². The molecule has 1 amide bonds. The number of hydrogen-bond donors (Lipinski definition) is 1. The maximum absolute atomic E-state index is 13.5. The van der Waals surface area contributed by atoms with Gasteiger partial charge in [0.2, 0.25) is 0 Å². The predicted octanol–water partition coefficient (Wildman–Crippen LogP) is 2.64. The number of nitrogens with one attached hydrogen (secondary N) is 1. The zero-order valence-corrected chi connectivity index (χ0v) is 21.7. The normalized spacial score (nSPS) is 25.7. The van der Waals surface area contributed by atoms with E-state index in [0.717, 1.165) is 65.1 Å². The first-order chi connectivity index (χ1) is 17.2. The number of rotatable bonds is 7. The number of carbonyl (C=O) groups excluding carboxylic acids is 1. The second kappa shape index (κ2) is 11.7. The lowest BCUT2D eigenvalue weighted by molar-refractivity contribution is -0.0297. The van der Waals surface area contributed by atoms with Gasteiger partial charge in [-0.1, -0.05) is 32.6 Å². The molecule has 0 radical (unpaired) electrons. The Morgan fingerprint density at radius 2 is 1.71 bits per heavy atom. The van der Waals surface area contributed by atoms with Gasteiger partial charge in [0.1, 0.15) is 0 Å². The Morgan fingerprint density at radius 1 is 1.03 bits per heavy atom. The van der Waals surface area contributed by atoms with Crippen LogP contribution in [0.5, 0.6) is 0 Å². The predicted molar refractivity (Wildman–Crippen MR) is 136 cm³/mol. The number of ether oxygens (including phenoxy) is 2. The summed E-state index contributed by atoms with van der Waals surface area (Å²) in [5, 5.41) is 8.90. The molecule has 2 saturated heterocycles. The molecule has 5 rings (SSSR count). The van der Waals surface area contributed by atoms with Crippen molar-refractivity contribution in [3.8, 4) is 0 Å². The third kappa shape index (κ3) is 5.60.